The van der Waals surface area contributed by atoms with Gasteiger partial charge in [-0.2, -0.15) is 0 Å². The molecule has 96 valence electrons. The van der Waals surface area contributed by atoms with Crippen molar-refractivity contribution in [1.29, 1.82) is 0 Å². The van der Waals surface area contributed by atoms with E-state index in [4.69, 9.17) is 5.73 Å². The van der Waals surface area contributed by atoms with Gasteiger partial charge in [-0.25, -0.2) is 0 Å². The molecule has 1 unspecified atom stereocenters. The molecule has 0 spiro atoms. The molecular formula is C14H30N2. The Labute approximate surface area is 101 Å². The molecule has 0 bridgehead atoms. The van der Waals surface area contributed by atoms with E-state index in [2.05, 4.69) is 26.1 Å². The van der Waals surface area contributed by atoms with Crippen molar-refractivity contribution in [3.63, 3.8) is 0 Å². The van der Waals surface area contributed by atoms with Gasteiger partial charge in [0.15, 0.2) is 0 Å². The van der Waals surface area contributed by atoms with Gasteiger partial charge in [-0.05, 0) is 43.2 Å². The maximum absolute atomic E-state index is 5.62. The van der Waals surface area contributed by atoms with Gasteiger partial charge in [0.05, 0.1) is 0 Å². The van der Waals surface area contributed by atoms with Crippen LogP contribution < -0.4 is 11.1 Å². The van der Waals surface area contributed by atoms with E-state index in [1.807, 2.05) is 0 Å². The Morgan fingerprint density at radius 3 is 2.44 bits per heavy atom. The van der Waals surface area contributed by atoms with Crippen LogP contribution in [0.3, 0.4) is 0 Å². The molecule has 0 aromatic heterocycles. The van der Waals surface area contributed by atoms with Gasteiger partial charge in [-0.1, -0.05) is 40.0 Å². The monoisotopic (exact) mass is 226 g/mol. The average molecular weight is 226 g/mol. The van der Waals surface area contributed by atoms with Crippen molar-refractivity contribution in [1.82, 2.24) is 5.32 Å². The van der Waals surface area contributed by atoms with E-state index < -0.39 is 0 Å². The lowest BCUT2D eigenvalue weighted by Crippen LogP contribution is -2.39. The van der Waals surface area contributed by atoms with Crippen molar-refractivity contribution in [3.05, 3.63) is 0 Å². The Morgan fingerprint density at radius 2 is 1.88 bits per heavy atom. The molecule has 0 radical (unpaired) electrons. The first kappa shape index (κ1) is 14.0. The predicted molar refractivity (Wildman–Crippen MR) is 71.4 cm³/mol. The third-order valence-electron chi connectivity index (χ3n) is 4.19. The van der Waals surface area contributed by atoms with Crippen LogP contribution >= 0.6 is 0 Å². The molecule has 1 saturated carbocycles. The van der Waals surface area contributed by atoms with Crippen molar-refractivity contribution >= 4 is 0 Å². The summed E-state index contributed by atoms with van der Waals surface area (Å²) < 4.78 is 0. The van der Waals surface area contributed by atoms with Crippen LogP contribution in [0, 0.1) is 17.3 Å². The normalized spacial score (nSPS) is 21.0. The highest BCUT2D eigenvalue weighted by atomic mass is 14.9. The first-order valence-electron chi connectivity index (χ1n) is 6.97. The highest BCUT2D eigenvalue weighted by molar-refractivity contribution is 4.83. The summed E-state index contributed by atoms with van der Waals surface area (Å²) in [7, 11) is 0. The maximum Gasteiger partial charge on any atom is 0.000529 e. The quantitative estimate of drug-likeness (QED) is 0.731. The average Bonchev–Trinajstić information content (AvgIpc) is 2.30. The van der Waals surface area contributed by atoms with Crippen LogP contribution in [0.2, 0.25) is 0 Å². The summed E-state index contributed by atoms with van der Waals surface area (Å²) in [4.78, 5) is 0. The fraction of sp³-hybridized carbons (Fsp3) is 1.00. The van der Waals surface area contributed by atoms with Gasteiger partial charge in [0, 0.05) is 6.54 Å². The van der Waals surface area contributed by atoms with E-state index in [9.17, 15) is 0 Å². The van der Waals surface area contributed by atoms with E-state index in [1.165, 1.54) is 32.1 Å². The van der Waals surface area contributed by atoms with Gasteiger partial charge in [0.1, 0.15) is 0 Å². The van der Waals surface area contributed by atoms with Gasteiger partial charge in [0.2, 0.25) is 0 Å². The number of nitrogens with one attached hydrogen (secondary N) is 1. The standard InChI is InChI=1S/C14H30N2/c1-12(9-15)10-16-11-14(2,3)13-7-5-4-6-8-13/h12-13,16H,4-11,15H2,1-3H3. The highest BCUT2D eigenvalue weighted by Crippen LogP contribution is 2.37. The van der Waals surface area contributed by atoms with E-state index >= 15 is 0 Å². The van der Waals surface area contributed by atoms with Gasteiger partial charge in [-0.3, -0.25) is 0 Å². The molecule has 1 fully saturated rings. The van der Waals surface area contributed by atoms with Gasteiger partial charge >= 0.3 is 0 Å². The van der Waals surface area contributed by atoms with Crippen LogP contribution in [0.15, 0.2) is 0 Å². The summed E-state index contributed by atoms with van der Waals surface area (Å²) in [6.07, 6.45) is 7.19. The number of nitrogens with two attached hydrogens (primary N) is 1. The smallest absolute Gasteiger partial charge is 0.000529 e. The minimum Gasteiger partial charge on any atom is -0.330 e. The fourth-order valence-corrected chi connectivity index (χ4v) is 2.75. The second-order valence-electron chi connectivity index (χ2n) is 6.30. The zero-order chi connectivity index (χ0) is 12.0. The van der Waals surface area contributed by atoms with Crippen LogP contribution in [0.1, 0.15) is 52.9 Å². The lowest BCUT2D eigenvalue weighted by molar-refractivity contribution is 0.153. The largest absolute Gasteiger partial charge is 0.330 e. The van der Waals surface area contributed by atoms with Crippen molar-refractivity contribution in [3.8, 4) is 0 Å². The fourth-order valence-electron chi connectivity index (χ4n) is 2.75. The first-order chi connectivity index (χ1) is 7.56. The minimum atomic E-state index is 0.453. The molecule has 0 aliphatic heterocycles. The minimum absolute atomic E-state index is 0.453. The van der Waals surface area contributed by atoms with E-state index in [1.54, 1.807) is 0 Å². The number of rotatable bonds is 6. The third-order valence-corrected chi connectivity index (χ3v) is 4.19. The molecule has 0 aromatic rings. The molecule has 0 amide bonds. The maximum atomic E-state index is 5.62. The van der Waals surface area contributed by atoms with Crippen molar-refractivity contribution in [2.24, 2.45) is 23.0 Å². The van der Waals surface area contributed by atoms with Crippen LogP contribution in [0.25, 0.3) is 0 Å². The Morgan fingerprint density at radius 1 is 1.25 bits per heavy atom. The molecule has 0 aromatic carbocycles. The Hall–Kier alpha value is -0.0800. The summed E-state index contributed by atoms with van der Waals surface area (Å²) in [6, 6.07) is 0. The summed E-state index contributed by atoms with van der Waals surface area (Å²) in [5.74, 6) is 1.52. The van der Waals surface area contributed by atoms with Crippen LogP contribution in [-0.4, -0.2) is 19.6 Å². The Balaban J connectivity index is 2.26. The van der Waals surface area contributed by atoms with E-state index in [-0.39, 0.29) is 0 Å². The molecule has 1 rings (SSSR count). The lowest BCUT2D eigenvalue weighted by atomic mass is 9.71. The predicted octanol–water partition coefficient (Wildman–Crippen LogP) is 2.78. The Kier molecular flexibility index (Phi) is 5.77. The van der Waals surface area contributed by atoms with Crippen molar-refractivity contribution in [2.45, 2.75) is 52.9 Å². The molecule has 2 heteroatoms. The Bertz CT molecular complexity index is 183. The molecule has 1 aliphatic rings. The molecule has 0 heterocycles. The molecule has 3 N–H and O–H groups in total. The van der Waals surface area contributed by atoms with Gasteiger partial charge in [0.25, 0.3) is 0 Å². The zero-order valence-electron chi connectivity index (χ0n) is 11.4. The summed E-state index contributed by atoms with van der Waals surface area (Å²) in [5, 5.41) is 3.59. The van der Waals surface area contributed by atoms with E-state index in [0.29, 0.717) is 11.3 Å². The lowest BCUT2D eigenvalue weighted by Gasteiger charge is -2.37. The molecule has 1 aliphatic carbocycles. The molecular weight excluding hydrogens is 196 g/mol. The molecule has 2 nitrogen and oxygen atoms in total. The zero-order valence-corrected chi connectivity index (χ0v) is 11.4. The first-order valence-corrected chi connectivity index (χ1v) is 6.97. The van der Waals surface area contributed by atoms with Gasteiger partial charge < -0.3 is 11.1 Å². The van der Waals surface area contributed by atoms with Crippen LogP contribution in [0.5, 0.6) is 0 Å². The van der Waals surface area contributed by atoms with Crippen molar-refractivity contribution < 1.29 is 0 Å². The molecule has 16 heavy (non-hydrogen) atoms. The summed E-state index contributed by atoms with van der Waals surface area (Å²) >= 11 is 0. The second kappa shape index (κ2) is 6.61. The van der Waals surface area contributed by atoms with Crippen molar-refractivity contribution in [2.75, 3.05) is 19.6 Å². The molecule has 1 atom stereocenters. The molecule has 0 saturated heterocycles. The van der Waals surface area contributed by atoms with E-state index in [0.717, 1.165) is 25.6 Å². The third kappa shape index (κ3) is 4.42. The van der Waals surface area contributed by atoms with Crippen LogP contribution in [-0.2, 0) is 0 Å². The van der Waals surface area contributed by atoms with Gasteiger partial charge in [-0.15, -0.1) is 0 Å². The SMILES string of the molecule is CC(CN)CNCC(C)(C)C1CCCCC1. The number of hydrogen-bond donors (Lipinski definition) is 2. The number of hydrogen-bond acceptors (Lipinski definition) is 2. The summed E-state index contributed by atoms with van der Waals surface area (Å²) in [5.41, 5.74) is 6.08. The topological polar surface area (TPSA) is 38.0 Å². The highest BCUT2D eigenvalue weighted by Gasteiger charge is 2.29. The summed E-state index contributed by atoms with van der Waals surface area (Å²) in [6.45, 7) is 10.0. The second-order valence-corrected chi connectivity index (χ2v) is 6.30. The van der Waals surface area contributed by atoms with Crippen LogP contribution in [0.4, 0.5) is 0 Å².